The van der Waals surface area contributed by atoms with Crippen molar-refractivity contribution in [2.45, 2.75) is 26.2 Å². The first kappa shape index (κ1) is 11.7. The normalized spacial score (nSPS) is 16.4. The van der Waals surface area contributed by atoms with Gasteiger partial charge in [-0.3, -0.25) is 4.79 Å². The van der Waals surface area contributed by atoms with Gasteiger partial charge in [-0.15, -0.1) is 0 Å². The summed E-state index contributed by atoms with van der Waals surface area (Å²) >= 11 is 1.60. The molecule has 3 nitrogen and oxygen atoms in total. The van der Waals surface area contributed by atoms with Crippen LogP contribution in [0, 0.1) is 5.92 Å². The van der Waals surface area contributed by atoms with Crippen molar-refractivity contribution < 1.29 is 4.79 Å². The molecule has 0 radical (unpaired) electrons. The molecule has 1 aliphatic carbocycles. The van der Waals surface area contributed by atoms with Crippen molar-refractivity contribution in [3.05, 3.63) is 28.6 Å². The number of amides is 1. The van der Waals surface area contributed by atoms with Gasteiger partial charge in [-0.05, 0) is 37.0 Å². The molecule has 94 valence electrons. The van der Waals surface area contributed by atoms with Crippen LogP contribution in [-0.4, -0.2) is 10.5 Å². The summed E-state index contributed by atoms with van der Waals surface area (Å²) in [6.07, 6.45) is 3.05. The van der Waals surface area contributed by atoms with Gasteiger partial charge in [0.1, 0.15) is 0 Å². The van der Waals surface area contributed by atoms with E-state index in [9.17, 15) is 4.79 Å². The van der Waals surface area contributed by atoms with Gasteiger partial charge in [0, 0.05) is 13.0 Å². The van der Waals surface area contributed by atoms with Crippen molar-refractivity contribution in [1.29, 1.82) is 0 Å². The Labute approximate surface area is 110 Å². The molecule has 1 aromatic carbocycles. The van der Waals surface area contributed by atoms with Crippen molar-refractivity contribution in [3.8, 4) is 0 Å². The fourth-order valence-corrected chi connectivity index (χ4v) is 3.11. The van der Waals surface area contributed by atoms with Crippen molar-refractivity contribution in [3.63, 3.8) is 0 Å². The molecule has 2 aromatic rings. The van der Waals surface area contributed by atoms with E-state index in [-0.39, 0.29) is 11.8 Å². The summed E-state index contributed by atoms with van der Waals surface area (Å²) in [7, 11) is 1.98. The van der Waals surface area contributed by atoms with Crippen molar-refractivity contribution in [2.24, 2.45) is 18.0 Å². The molecule has 1 fully saturated rings. The number of carbonyl (C=O) groups is 1. The molecule has 0 N–H and O–H groups in total. The number of thiazole rings is 1. The minimum atomic E-state index is 0.0490. The van der Waals surface area contributed by atoms with Crippen LogP contribution in [0.15, 0.2) is 23.2 Å². The summed E-state index contributed by atoms with van der Waals surface area (Å²) in [6, 6.07) is 6.45. The van der Waals surface area contributed by atoms with Gasteiger partial charge in [0.05, 0.1) is 10.2 Å². The molecule has 1 aromatic heterocycles. The maximum absolute atomic E-state index is 11.8. The Kier molecular flexibility index (Phi) is 2.82. The highest BCUT2D eigenvalue weighted by molar-refractivity contribution is 7.16. The predicted molar refractivity (Wildman–Crippen MR) is 73.5 cm³/mol. The van der Waals surface area contributed by atoms with Crippen LogP contribution in [0.25, 0.3) is 10.2 Å². The lowest BCUT2D eigenvalue weighted by atomic mass is 10.2. The minimum Gasteiger partial charge on any atom is -0.319 e. The van der Waals surface area contributed by atoms with Crippen LogP contribution in [0.1, 0.15) is 25.3 Å². The summed E-state index contributed by atoms with van der Waals surface area (Å²) in [5, 5.41) is 0. The lowest BCUT2D eigenvalue weighted by Crippen LogP contribution is -2.13. The van der Waals surface area contributed by atoms with E-state index in [1.807, 2.05) is 11.6 Å². The molecule has 1 saturated carbocycles. The van der Waals surface area contributed by atoms with Crippen LogP contribution in [0.2, 0.25) is 0 Å². The molecule has 1 heterocycles. The second-order valence-corrected chi connectivity index (χ2v) is 5.83. The maximum Gasteiger partial charge on any atom is 0.251 e. The van der Waals surface area contributed by atoms with Gasteiger partial charge in [0.25, 0.3) is 5.91 Å². The van der Waals surface area contributed by atoms with Gasteiger partial charge in [-0.2, -0.15) is 4.99 Å². The largest absolute Gasteiger partial charge is 0.319 e. The number of hydrogen-bond acceptors (Lipinski definition) is 2. The van der Waals surface area contributed by atoms with Crippen LogP contribution in [-0.2, 0) is 18.3 Å². The van der Waals surface area contributed by atoms with E-state index in [0.29, 0.717) is 0 Å². The smallest absolute Gasteiger partial charge is 0.251 e. The van der Waals surface area contributed by atoms with E-state index in [1.54, 1.807) is 11.3 Å². The Morgan fingerprint density at radius 1 is 1.50 bits per heavy atom. The Hall–Kier alpha value is -1.42. The summed E-state index contributed by atoms with van der Waals surface area (Å²) in [5.41, 5.74) is 2.48. The summed E-state index contributed by atoms with van der Waals surface area (Å²) in [4.78, 5) is 16.8. The van der Waals surface area contributed by atoms with Gasteiger partial charge in [0.2, 0.25) is 0 Å². The zero-order valence-corrected chi connectivity index (χ0v) is 11.5. The third-order valence-electron chi connectivity index (χ3n) is 3.41. The first-order valence-electron chi connectivity index (χ1n) is 6.36. The molecule has 0 bridgehead atoms. The van der Waals surface area contributed by atoms with Crippen LogP contribution in [0.3, 0.4) is 0 Å². The molecule has 0 aliphatic heterocycles. The number of hydrogen-bond donors (Lipinski definition) is 0. The third-order valence-corrected chi connectivity index (χ3v) is 4.51. The fraction of sp³-hybridized carbons (Fsp3) is 0.429. The second kappa shape index (κ2) is 4.35. The van der Waals surface area contributed by atoms with Crippen LogP contribution in [0.4, 0.5) is 0 Å². The Morgan fingerprint density at radius 3 is 2.94 bits per heavy atom. The highest BCUT2D eigenvalue weighted by Gasteiger charge is 2.29. The molecule has 4 heteroatoms. The Bertz CT molecular complexity index is 677. The SMILES string of the molecule is CCc1ccc2c(c1)sc(=NC(=O)C1CC1)n2C. The van der Waals surface area contributed by atoms with Crippen molar-refractivity contribution >= 4 is 27.5 Å². The number of aromatic nitrogens is 1. The van der Waals surface area contributed by atoms with E-state index in [4.69, 9.17) is 0 Å². The molecular weight excluding hydrogens is 244 g/mol. The third kappa shape index (κ3) is 2.01. The highest BCUT2D eigenvalue weighted by Crippen LogP contribution is 2.30. The Balaban J connectivity index is 2.12. The number of nitrogens with zero attached hydrogens (tertiary/aromatic N) is 2. The van der Waals surface area contributed by atoms with E-state index in [1.165, 1.54) is 10.3 Å². The highest BCUT2D eigenvalue weighted by atomic mass is 32.1. The van der Waals surface area contributed by atoms with Crippen LogP contribution >= 0.6 is 11.3 Å². The number of rotatable bonds is 2. The zero-order valence-electron chi connectivity index (χ0n) is 10.6. The average molecular weight is 260 g/mol. The average Bonchev–Trinajstić information content (AvgIpc) is 3.17. The summed E-state index contributed by atoms with van der Waals surface area (Å²) in [5.74, 6) is 0.245. The van der Waals surface area contributed by atoms with Gasteiger partial charge < -0.3 is 4.57 Å². The van der Waals surface area contributed by atoms with Gasteiger partial charge in [0.15, 0.2) is 4.80 Å². The van der Waals surface area contributed by atoms with E-state index in [2.05, 4.69) is 30.1 Å². The lowest BCUT2D eigenvalue weighted by molar-refractivity contribution is -0.119. The summed E-state index contributed by atoms with van der Waals surface area (Å²) in [6.45, 7) is 2.15. The van der Waals surface area contributed by atoms with Crippen LogP contribution < -0.4 is 4.80 Å². The van der Waals surface area contributed by atoms with Crippen molar-refractivity contribution in [1.82, 2.24) is 4.57 Å². The van der Waals surface area contributed by atoms with Crippen molar-refractivity contribution in [2.75, 3.05) is 0 Å². The molecule has 18 heavy (non-hydrogen) atoms. The Morgan fingerprint density at radius 2 is 2.28 bits per heavy atom. The number of aryl methyl sites for hydroxylation is 2. The number of carbonyl (C=O) groups excluding carboxylic acids is 1. The monoisotopic (exact) mass is 260 g/mol. The molecule has 3 rings (SSSR count). The van der Waals surface area contributed by atoms with Crippen LogP contribution in [0.5, 0.6) is 0 Å². The second-order valence-electron chi connectivity index (χ2n) is 4.82. The number of benzene rings is 1. The molecule has 1 amide bonds. The standard InChI is InChI=1S/C14H16N2OS/c1-3-9-4-7-11-12(8-9)18-14(16(11)2)15-13(17)10-5-6-10/h4,7-8,10H,3,5-6H2,1-2H3. The molecule has 0 saturated heterocycles. The molecular formula is C14H16N2OS. The quantitative estimate of drug-likeness (QED) is 0.817. The zero-order chi connectivity index (χ0) is 12.7. The molecule has 1 aliphatic rings. The van der Waals surface area contributed by atoms with E-state index >= 15 is 0 Å². The number of fused-ring (bicyclic) bond motifs is 1. The van der Waals surface area contributed by atoms with Gasteiger partial charge >= 0.3 is 0 Å². The predicted octanol–water partition coefficient (Wildman–Crippen LogP) is 2.64. The first-order valence-corrected chi connectivity index (χ1v) is 7.17. The molecule has 0 unspecified atom stereocenters. The molecule has 0 atom stereocenters. The van der Waals surface area contributed by atoms with E-state index in [0.717, 1.165) is 29.6 Å². The molecule has 0 spiro atoms. The van der Waals surface area contributed by atoms with E-state index < -0.39 is 0 Å². The maximum atomic E-state index is 11.8. The van der Waals surface area contributed by atoms with Gasteiger partial charge in [-0.25, -0.2) is 0 Å². The lowest BCUT2D eigenvalue weighted by Gasteiger charge is -1.97. The minimum absolute atomic E-state index is 0.0490. The van der Waals surface area contributed by atoms with Gasteiger partial charge in [-0.1, -0.05) is 24.3 Å². The first-order chi connectivity index (χ1) is 8.69. The fourth-order valence-electron chi connectivity index (χ4n) is 2.02. The topological polar surface area (TPSA) is 34.4 Å². The summed E-state index contributed by atoms with van der Waals surface area (Å²) < 4.78 is 3.22.